The third-order valence-electron chi connectivity index (χ3n) is 5.18. The summed E-state index contributed by atoms with van der Waals surface area (Å²) in [5.41, 5.74) is 0.761. The molecule has 2 nitrogen and oxygen atoms in total. The van der Waals surface area contributed by atoms with Crippen LogP contribution in [0.5, 0.6) is 0 Å². The molecule has 18 heavy (non-hydrogen) atoms. The Bertz CT molecular complexity index is 291. The molecular weight excluding hydrogens is 220 g/mol. The van der Waals surface area contributed by atoms with Crippen LogP contribution in [0.1, 0.15) is 59.3 Å². The number of hydrogen-bond donors (Lipinski definition) is 1. The van der Waals surface area contributed by atoms with Crippen molar-refractivity contribution in [2.24, 2.45) is 0 Å². The molecule has 104 valence electrons. The van der Waals surface area contributed by atoms with Crippen LogP contribution in [0, 0.1) is 0 Å². The maximum absolute atomic E-state index is 3.85. The van der Waals surface area contributed by atoms with E-state index in [2.05, 4.69) is 43.1 Å². The Morgan fingerprint density at radius 3 is 2.56 bits per heavy atom. The van der Waals surface area contributed by atoms with E-state index in [-0.39, 0.29) is 0 Å². The zero-order valence-electron chi connectivity index (χ0n) is 12.5. The maximum atomic E-state index is 3.85. The molecule has 1 spiro atoms. The van der Waals surface area contributed by atoms with Gasteiger partial charge in [-0.05, 0) is 33.1 Å². The lowest BCUT2D eigenvalue weighted by Crippen LogP contribution is -2.69. The minimum atomic E-state index is 0.310. The van der Waals surface area contributed by atoms with Crippen LogP contribution in [-0.2, 0) is 0 Å². The third-order valence-corrected chi connectivity index (χ3v) is 5.18. The van der Waals surface area contributed by atoms with E-state index in [1.54, 1.807) is 0 Å². The van der Waals surface area contributed by atoms with Gasteiger partial charge in [0.05, 0.1) is 0 Å². The predicted molar refractivity (Wildman–Crippen MR) is 78.9 cm³/mol. The monoisotopic (exact) mass is 250 g/mol. The molecule has 0 radical (unpaired) electrons. The summed E-state index contributed by atoms with van der Waals surface area (Å²) in [5.74, 6) is 0. The molecule has 1 aliphatic heterocycles. The van der Waals surface area contributed by atoms with Crippen LogP contribution in [0.2, 0.25) is 0 Å². The van der Waals surface area contributed by atoms with Crippen LogP contribution in [-0.4, -0.2) is 35.6 Å². The van der Waals surface area contributed by atoms with Gasteiger partial charge in [-0.25, -0.2) is 0 Å². The molecule has 0 bridgehead atoms. The SMILES string of the molecule is C/C=C/CN1CC(C)(CC)NCC12CCCCC2. The number of nitrogens with zero attached hydrogens (tertiary/aromatic N) is 1. The fraction of sp³-hybridized carbons (Fsp3) is 0.875. The van der Waals surface area contributed by atoms with Crippen molar-refractivity contribution in [2.45, 2.75) is 70.4 Å². The van der Waals surface area contributed by atoms with Crippen LogP contribution < -0.4 is 5.32 Å². The van der Waals surface area contributed by atoms with Crippen LogP contribution in [0.3, 0.4) is 0 Å². The molecule has 2 fully saturated rings. The van der Waals surface area contributed by atoms with E-state index in [0.29, 0.717) is 11.1 Å². The summed E-state index contributed by atoms with van der Waals surface area (Å²) in [6.45, 7) is 10.3. The second-order valence-corrected chi connectivity index (χ2v) is 6.50. The normalized spacial score (nSPS) is 33.3. The first kappa shape index (κ1) is 14.1. The lowest BCUT2D eigenvalue weighted by Gasteiger charge is -2.55. The van der Waals surface area contributed by atoms with E-state index >= 15 is 0 Å². The van der Waals surface area contributed by atoms with Gasteiger partial charge in [0, 0.05) is 30.7 Å². The number of rotatable bonds is 3. The molecule has 2 rings (SSSR count). The molecule has 0 aromatic carbocycles. The average molecular weight is 250 g/mol. The van der Waals surface area contributed by atoms with Crippen molar-refractivity contribution in [3.05, 3.63) is 12.2 Å². The second kappa shape index (κ2) is 5.75. The van der Waals surface area contributed by atoms with Crippen LogP contribution in [0.4, 0.5) is 0 Å². The molecule has 0 amide bonds. The summed E-state index contributed by atoms with van der Waals surface area (Å²) in [6.07, 6.45) is 12.8. The zero-order valence-corrected chi connectivity index (χ0v) is 12.5. The smallest absolute Gasteiger partial charge is 0.0338 e. The molecule has 1 aliphatic carbocycles. The summed E-state index contributed by atoms with van der Waals surface area (Å²) < 4.78 is 0. The molecule has 0 aromatic rings. The Morgan fingerprint density at radius 1 is 1.22 bits per heavy atom. The number of piperazine rings is 1. The fourth-order valence-electron chi connectivity index (χ4n) is 3.57. The van der Waals surface area contributed by atoms with Crippen molar-refractivity contribution in [1.82, 2.24) is 10.2 Å². The predicted octanol–water partition coefficient (Wildman–Crippen LogP) is 3.34. The van der Waals surface area contributed by atoms with E-state index in [1.165, 1.54) is 51.6 Å². The highest BCUT2D eigenvalue weighted by Gasteiger charge is 2.44. The Balaban J connectivity index is 2.13. The highest BCUT2D eigenvalue weighted by atomic mass is 15.3. The van der Waals surface area contributed by atoms with Crippen LogP contribution in [0.15, 0.2) is 12.2 Å². The molecule has 1 saturated carbocycles. The molecule has 1 heterocycles. The fourth-order valence-corrected chi connectivity index (χ4v) is 3.57. The van der Waals surface area contributed by atoms with Crippen molar-refractivity contribution >= 4 is 0 Å². The first-order chi connectivity index (χ1) is 8.64. The second-order valence-electron chi connectivity index (χ2n) is 6.50. The summed E-state index contributed by atoms with van der Waals surface area (Å²) in [5, 5.41) is 3.85. The van der Waals surface area contributed by atoms with Gasteiger partial charge in [0.15, 0.2) is 0 Å². The molecule has 1 saturated heterocycles. The Hall–Kier alpha value is -0.340. The minimum absolute atomic E-state index is 0.310. The van der Waals surface area contributed by atoms with E-state index in [4.69, 9.17) is 0 Å². The van der Waals surface area contributed by atoms with Crippen molar-refractivity contribution in [2.75, 3.05) is 19.6 Å². The zero-order chi connectivity index (χ0) is 13.1. The summed E-state index contributed by atoms with van der Waals surface area (Å²) >= 11 is 0. The highest BCUT2D eigenvalue weighted by Crippen LogP contribution is 2.37. The maximum Gasteiger partial charge on any atom is 0.0338 e. The van der Waals surface area contributed by atoms with Crippen molar-refractivity contribution in [3.8, 4) is 0 Å². The van der Waals surface area contributed by atoms with Gasteiger partial charge in [-0.3, -0.25) is 4.90 Å². The first-order valence-electron chi connectivity index (χ1n) is 7.75. The molecule has 1 atom stereocenters. The van der Waals surface area contributed by atoms with Crippen molar-refractivity contribution in [3.63, 3.8) is 0 Å². The quantitative estimate of drug-likeness (QED) is 0.773. The number of nitrogens with one attached hydrogen (secondary N) is 1. The molecule has 2 aliphatic rings. The Labute approximate surface area is 113 Å². The Kier molecular flexibility index (Phi) is 4.50. The van der Waals surface area contributed by atoms with Crippen molar-refractivity contribution in [1.29, 1.82) is 0 Å². The molecule has 0 aromatic heterocycles. The molecular formula is C16H30N2. The first-order valence-corrected chi connectivity index (χ1v) is 7.75. The van der Waals surface area contributed by atoms with Crippen LogP contribution >= 0.6 is 0 Å². The summed E-state index contributed by atoms with van der Waals surface area (Å²) in [4.78, 5) is 2.77. The van der Waals surface area contributed by atoms with Gasteiger partial charge in [-0.15, -0.1) is 0 Å². The van der Waals surface area contributed by atoms with Gasteiger partial charge in [0.1, 0.15) is 0 Å². The lowest BCUT2D eigenvalue weighted by atomic mass is 9.76. The summed E-state index contributed by atoms with van der Waals surface area (Å²) in [6, 6.07) is 0. The Morgan fingerprint density at radius 2 is 1.94 bits per heavy atom. The van der Waals surface area contributed by atoms with Gasteiger partial charge < -0.3 is 5.32 Å². The van der Waals surface area contributed by atoms with E-state index in [9.17, 15) is 0 Å². The number of hydrogen-bond acceptors (Lipinski definition) is 2. The van der Waals surface area contributed by atoms with Crippen LogP contribution in [0.25, 0.3) is 0 Å². The van der Waals surface area contributed by atoms with Gasteiger partial charge in [0.2, 0.25) is 0 Å². The summed E-state index contributed by atoms with van der Waals surface area (Å²) in [7, 11) is 0. The highest BCUT2D eigenvalue weighted by molar-refractivity contribution is 5.06. The average Bonchev–Trinajstić information content (AvgIpc) is 2.42. The van der Waals surface area contributed by atoms with E-state index in [1.807, 2.05) is 0 Å². The lowest BCUT2D eigenvalue weighted by molar-refractivity contribution is -0.00712. The third kappa shape index (κ3) is 2.80. The van der Waals surface area contributed by atoms with Gasteiger partial charge in [-0.2, -0.15) is 0 Å². The molecule has 1 N–H and O–H groups in total. The standard InChI is InChI=1S/C16H30N2/c1-4-6-12-18-14-15(3,5-2)17-13-16(18)10-8-7-9-11-16/h4,6,17H,5,7-14H2,1-3H3/b6-4+. The minimum Gasteiger partial charge on any atom is -0.308 e. The molecule has 1 unspecified atom stereocenters. The van der Waals surface area contributed by atoms with Crippen molar-refractivity contribution < 1.29 is 0 Å². The van der Waals surface area contributed by atoms with E-state index < -0.39 is 0 Å². The van der Waals surface area contributed by atoms with Gasteiger partial charge in [-0.1, -0.05) is 38.3 Å². The van der Waals surface area contributed by atoms with Gasteiger partial charge in [0.25, 0.3) is 0 Å². The topological polar surface area (TPSA) is 15.3 Å². The van der Waals surface area contributed by atoms with Gasteiger partial charge >= 0.3 is 0 Å². The van der Waals surface area contributed by atoms with E-state index in [0.717, 1.165) is 6.54 Å². The number of allylic oxidation sites excluding steroid dienone is 1. The largest absolute Gasteiger partial charge is 0.308 e. The molecule has 2 heteroatoms.